The SMILES string of the molecule is COc1cc(C#N)ccc1NCc1cccc(C)n1. The molecule has 1 heterocycles. The maximum atomic E-state index is 8.85. The first kappa shape index (κ1) is 12.9. The molecule has 4 nitrogen and oxygen atoms in total. The number of rotatable bonds is 4. The predicted molar refractivity (Wildman–Crippen MR) is 74.0 cm³/mol. The number of nitrogens with one attached hydrogen (secondary N) is 1. The van der Waals surface area contributed by atoms with Gasteiger partial charge in [0, 0.05) is 11.8 Å². The van der Waals surface area contributed by atoms with E-state index < -0.39 is 0 Å². The Hall–Kier alpha value is -2.54. The Morgan fingerprint density at radius 2 is 2.16 bits per heavy atom. The van der Waals surface area contributed by atoms with Crippen molar-refractivity contribution in [1.82, 2.24) is 4.98 Å². The summed E-state index contributed by atoms with van der Waals surface area (Å²) in [5, 5.41) is 12.1. The fraction of sp³-hybridized carbons (Fsp3) is 0.200. The van der Waals surface area contributed by atoms with Crippen molar-refractivity contribution in [2.45, 2.75) is 13.5 Å². The maximum absolute atomic E-state index is 8.85. The van der Waals surface area contributed by atoms with E-state index in [1.807, 2.05) is 31.2 Å². The molecule has 0 aliphatic heterocycles. The summed E-state index contributed by atoms with van der Waals surface area (Å²) in [6.45, 7) is 2.58. The molecule has 0 fully saturated rings. The second-order valence-electron chi connectivity index (χ2n) is 4.15. The molecular formula is C15H15N3O. The number of aromatic nitrogens is 1. The van der Waals surface area contributed by atoms with Crippen molar-refractivity contribution in [3.05, 3.63) is 53.3 Å². The van der Waals surface area contributed by atoms with Gasteiger partial charge in [-0.2, -0.15) is 5.26 Å². The molecule has 19 heavy (non-hydrogen) atoms. The van der Waals surface area contributed by atoms with E-state index in [2.05, 4.69) is 16.4 Å². The summed E-state index contributed by atoms with van der Waals surface area (Å²) >= 11 is 0. The Bertz CT molecular complexity index is 617. The van der Waals surface area contributed by atoms with Crippen LogP contribution in [0.25, 0.3) is 0 Å². The normalized spacial score (nSPS) is 9.74. The molecule has 1 N–H and O–H groups in total. The molecule has 0 radical (unpaired) electrons. The minimum Gasteiger partial charge on any atom is -0.495 e. The molecule has 0 saturated heterocycles. The first-order chi connectivity index (χ1) is 9.22. The minimum atomic E-state index is 0.580. The van der Waals surface area contributed by atoms with E-state index in [0.29, 0.717) is 17.9 Å². The molecule has 96 valence electrons. The van der Waals surface area contributed by atoms with Crippen LogP contribution < -0.4 is 10.1 Å². The summed E-state index contributed by atoms with van der Waals surface area (Å²) in [4.78, 5) is 4.42. The quantitative estimate of drug-likeness (QED) is 0.910. The van der Waals surface area contributed by atoms with E-state index in [0.717, 1.165) is 17.1 Å². The lowest BCUT2D eigenvalue weighted by molar-refractivity contribution is 0.416. The second kappa shape index (κ2) is 5.87. The van der Waals surface area contributed by atoms with Gasteiger partial charge < -0.3 is 10.1 Å². The number of nitrogens with zero attached hydrogens (tertiary/aromatic N) is 2. The number of pyridine rings is 1. The van der Waals surface area contributed by atoms with Crippen molar-refractivity contribution in [3.8, 4) is 11.8 Å². The van der Waals surface area contributed by atoms with Gasteiger partial charge in [0.2, 0.25) is 0 Å². The van der Waals surface area contributed by atoms with E-state index >= 15 is 0 Å². The Morgan fingerprint density at radius 1 is 1.32 bits per heavy atom. The van der Waals surface area contributed by atoms with Crippen LogP contribution in [0.4, 0.5) is 5.69 Å². The lowest BCUT2D eigenvalue weighted by atomic mass is 10.2. The standard InChI is InChI=1S/C15H15N3O/c1-11-4-3-5-13(18-11)10-17-14-7-6-12(9-16)8-15(14)19-2/h3-8,17H,10H2,1-2H3. The van der Waals surface area contributed by atoms with E-state index in [1.165, 1.54) is 0 Å². The van der Waals surface area contributed by atoms with Crippen LogP contribution in [-0.2, 0) is 6.54 Å². The average molecular weight is 253 g/mol. The smallest absolute Gasteiger partial charge is 0.143 e. The molecular weight excluding hydrogens is 238 g/mol. The minimum absolute atomic E-state index is 0.580. The van der Waals surface area contributed by atoms with Gasteiger partial charge in [0.25, 0.3) is 0 Å². The highest BCUT2D eigenvalue weighted by Crippen LogP contribution is 2.25. The molecule has 0 saturated carbocycles. The largest absolute Gasteiger partial charge is 0.495 e. The summed E-state index contributed by atoms with van der Waals surface area (Å²) < 4.78 is 5.27. The van der Waals surface area contributed by atoms with Gasteiger partial charge in [-0.1, -0.05) is 6.07 Å². The van der Waals surface area contributed by atoms with E-state index in [1.54, 1.807) is 19.2 Å². The second-order valence-corrected chi connectivity index (χ2v) is 4.15. The molecule has 0 aliphatic rings. The number of benzene rings is 1. The topological polar surface area (TPSA) is 57.9 Å². The Kier molecular flexibility index (Phi) is 3.99. The van der Waals surface area contributed by atoms with Crippen LogP contribution in [0.15, 0.2) is 36.4 Å². The van der Waals surface area contributed by atoms with Crippen molar-refractivity contribution in [3.63, 3.8) is 0 Å². The molecule has 2 rings (SSSR count). The summed E-state index contributed by atoms with van der Waals surface area (Å²) in [5.74, 6) is 0.659. The number of ether oxygens (including phenoxy) is 1. The summed E-state index contributed by atoms with van der Waals surface area (Å²) in [7, 11) is 1.59. The van der Waals surface area contributed by atoms with E-state index in [-0.39, 0.29) is 0 Å². The van der Waals surface area contributed by atoms with E-state index in [4.69, 9.17) is 10.00 Å². The number of anilines is 1. The highest BCUT2D eigenvalue weighted by Gasteiger charge is 2.04. The van der Waals surface area contributed by atoms with Gasteiger partial charge in [0.15, 0.2) is 0 Å². The van der Waals surface area contributed by atoms with Gasteiger partial charge in [-0.05, 0) is 31.2 Å². The molecule has 0 amide bonds. The molecule has 1 aromatic carbocycles. The van der Waals surface area contributed by atoms with Gasteiger partial charge >= 0.3 is 0 Å². The molecule has 0 unspecified atom stereocenters. The van der Waals surface area contributed by atoms with Crippen LogP contribution in [0.1, 0.15) is 17.0 Å². The number of hydrogen-bond acceptors (Lipinski definition) is 4. The van der Waals surface area contributed by atoms with Crippen molar-refractivity contribution in [2.75, 3.05) is 12.4 Å². The third-order valence-corrected chi connectivity index (χ3v) is 2.74. The van der Waals surface area contributed by atoms with Crippen LogP contribution in [0.2, 0.25) is 0 Å². The highest BCUT2D eigenvalue weighted by molar-refractivity contribution is 5.59. The molecule has 0 aliphatic carbocycles. The first-order valence-corrected chi connectivity index (χ1v) is 5.97. The Balaban J connectivity index is 2.13. The maximum Gasteiger partial charge on any atom is 0.143 e. The van der Waals surface area contributed by atoms with Crippen molar-refractivity contribution < 1.29 is 4.74 Å². The molecule has 0 spiro atoms. The number of nitriles is 1. The van der Waals surface area contributed by atoms with Gasteiger partial charge in [0.05, 0.1) is 36.7 Å². The van der Waals surface area contributed by atoms with Crippen LogP contribution in [-0.4, -0.2) is 12.1 Å². The van der Waals surface area contributed by atoms with Gasteiger partial charge in [0.1, 0.15) is 5.75 Å². The average Bonchev–Trinajstić information content (AvgIpc) is 2.45. The molecule has 4 heteroatoms. The lowest BCUT2D eigenvalue weighted by Crippen LogP contribution is -2.03. The zero-order chi connectivity index (χ0) is 13.7. The number of aryl methyl sites for hydroxylation is 1. The summed E-state index contributed by atoms with van der Waals surface area (Å²) in [5.41, 5.74) is 3.39. The zero-order valence-electron chi connectivity index (χ0n) is 11.0. The summed E-state index contributed by atoms with van der Waals surface area (Å²) in [6, 6.07) is 13.3. The van der Waals surface area contributed by atoms with Crippen LogP contribution in [0, 0.1) is 18.3 Å². The first-order valence-electron chi connectivity index (χ1n) is 5.97. The molecule has 0 atom stereocenters. The highest BCUT2D eigenvalue weighted by atomic mass is 16.5. The monoisotopic (exact) mass is 253 g/mol. The van der Waals surface area contributed by atoms with Crippen LogP contribution in [0.3, 0.4) is 0 Å². The molecule has 0 bridgehead atoms. The molecule has 1 aromatic heterocycles. The molecule has 2 aromatic rings. The van der Waals surface area contributed by atoms with Gasteiger partial charge in [-0.3, -0.25) is 4.98 Å². The number of hydrogen-bond donors (Lipinski definition) is 1. The predicted octanol–water partition coefficient (Wildman–Crippen LogP) is 2.88. The van der Waals surface area contributed by atoms with Crippen molar-refractivity contribution >= 4 is 5.69 Å². The van der Waals surface area contributed by atoms with Crippen LogP contribution in [0.5, 0.6) is 5.75 Å². The van der Waals surface area contributed by atoms with Crippen molar-refractivity contribution in [1.29, 1.82) is 5.26 Å². The summed E-state index contributed by atoms with van der Waals surface area (Å²) in [6.07, 6.45) is 0. The fourth-order valence-corrected chi connectivity index (χ4v) is 1.79. The third-order valence-electron chi connectivity index (χ3n) is 2.74. The zero-order valence-corrected chi connectivity index (χ0v) is 11.0. The lowest BCUT2D eigenvalue weighted by Gasteiger charge is -2.11. The Labute approximate surface area is 112 Å². The van der Waals surface area contributed by atoms with E-state index in [9.17, 15) is 0 Å². The van der Waals surface area contributed by atoms with Gasteiger partial charge in [-0.15, -0.1) is 0 Å². The van der Waals surface area contributed by atoms with Crippen molar-refractivity contribution in [2.24, 2.45) is 0 Å². The Morgan fingerprint density at radius 3 is 2.84 bits per heavy atom. The number of methoxy groups -OCH3 is 1. The van der Waals surface area contributed by atoms with Crippen LogP contribution >= 0.6 is 0 Å². The van der Waals surface area contributed by atoms with Gasteiger partial charge in [-0.25, -0.2) is 0 Å². The fourth-order valence-electron chi connectivity index (χ4n) is 1.79. The third kappa shape index (κ3) is 3.23.